The molecule has 0 bridgehead atoms. The number of hydrogen-bond donors (Lipinski definition) is 1. The van der Waals surface area contributed by atoms with Gasteiger partial charge in [-0.25, -0.2) is 4.39 Å². The van der Waals surface area contributed by atoms with Crippen molar-refractivity contribution >= 4 is 5.69 Å². The molecule has 0 unspecified atom stereocenters. The van der Waals surface area contributed by atoms with E-state index in [0.29, 0.717) is 18.2 Å². The molecule has 0 heterocycles. The Morgan fingerprint density at radius 3 is 2.59 bits per heavy atom. The Balaban J connectivity index is 2.81. The van der Waals surface area contributed by atoms with Gasteiger partial charge >= 0.3 is 0 Å². The Kier molecular flexibility index (Phi) is 5.03. The summed E-state index contributed by atoms with van der Waals surface area (Å²) in [6.07, 6.45) is 1.89. The van der Waals surface area contributed by atoms with E-state index >= 15 is 0 Å². The zero-order valence-corrected chi connectivity index (χ0v) is 10.1. The second-order valence-corrected chi connectivity index (χ2v) is 3.92. The lowest BCUT2D eigenvalue weighted by atomic mass is 10.1. The number of nitro benzene ring substituents is 1. The van der Waals surface area contributed by atoms with Crippen LogP contribution in [0.4, 0.5) is 10.1 Å². The highest BCUT2D eigenvalue weighted by Gasteiger charge is 2.14. The Morgan fingerprint density at radius 1 is 1.41 bits per heavy atom. The highest BCUT2D eigenvalue weighted by molar-refractivity contribution is 5.40. The van der Waals surface area contributed by atoms with E-state index in [-0.39, 0.29) is 5.69 Å². The lowest BCUT2D eigenvalue weighted by Gasteiger charge is -2.14. The van der Waals surface area contributed by atoms with Gasteiger partial charge in [-0.2, -0.15) is 0 Å². The summed E-state index contributed by atoms with van der Waals surface area (Å²) in [5.41, 5.74) is 0.353. The Morgan fingerprint density at radius 2 is 2.06 bits per heavy atom. The molecule has 1 aromatic carbocycles. The molecular formula is C12H17FN2O2. The molecule has 0 saturated heterocycles. The molecule has 0 atom stereocenters. The minimum absolute atomic E-state index is 0.0372. The third kappa shape index (κ3) is 3.78. The van der Waals surface area contributed by atoms with Crippen molar-refractivity contribution in [2.24, 2.45) is 0 Å². The van der Waals surface area contributed by atoms with Crippen LogP contribution in [0.1, 0.15) is 32.3 Å². The normalized spacial score (nSPS) is 10.8. The molecule has 0 aliphatic rings. The third-order valence-corrected chi connectivity index (χ3v) is 2.81. The van der Waals surface area contributed by atoms with E-state index in [4.69, 9.17) is 0 Å². The van der Waals surface area contributed by atoms with Crippen molar-refractivity contribution in [2.75, 3.05) is 0 Å². The van der Waals surface area contributed by atoms with Crippen molar-refractivity contribution in [3.63, 3.8) is 0 Å². The predicted molar refractivity (Wildman–Crippen MR) is 64.3 cm³/mol. The minimum Gasteiger partial charge on any atom is -0.310 e. The topological polar surface area (TPSA) is 55.2 Å². The molecular weight excluding hydrogens is 223 g/mol. The van der Waals surface area contributed by atoms with Crippen molar-refractivity contribution in [2.45, 2.75) is 39.3 Å². The van der Waals surface area contributed by atoms with Gasteiger partial charge in [0, 0.05) is 24.2 Å². The first-order chi connectivity index (χ1) is 8.08. The number of rotatable bonds is 6. The van der Waals surface area contributed by atoms with Crippen LogP contribution in [0, 0.1) is 15.9 Å². The summed E-state index contributed by atoms with van der Waals surface area (Å²) in [5.74, 6) is -0.447. The molecule has 0 fully saturated rings. The summed E-state index contributed by atoms with van der Waals surface area (Å²) in [7, 11) is 0. The van der Waals surface area contributed by atoms with Crippen LogP contribution < -0.4 is 5.32 Å². The van der Waals surface area contributed by atoms with Crippen LogP contribution in [0.2, 0.25) is 0 Å². The average Bonchev–Trinajstić information content (AvgIpc) is 2.30. The Hall–Kier alpha value is -1.49. The smallest absolute Gasteiger partial charge is 0.274 e. The lowest BCUT2D eigenvalue weighted by Crippen LogP contribution is -2.27. The first-order valence-corrected chi connectivity index (χ1v) is 5.74. The molecule has 4 nitrogen and oxygen atoms in total. The quantitative estimate of drug-likeness (QED) is 0.614. The van der Waals surface area contributed by atoms with Crippen LogP contribution in [0.15, 0.2) is 18.2 Å². The molecule has 0 aromatic heterocycles. The molecule has 0 amide bonds. The maximum atomic E-state index is 13.0. The summed E-state index contributed by atoms with van der Waals surface area (Å²) >= 11 is 0. The van der Waals surface area contributed by atoms with Gasteiger partial charge in [-0.1, -0.05) is 13.8 Å². The molecule has 0 spiro atoms. The number of nitro groups is 1. The molecule has 94 valence electrons. The van der Waals surface area contributed by atoms with E-state index in [1.54, 1.807) is 0 Å². The van der Waals surface area contributed by atoms with Crippen LogP contribution in [-0.2, 0) is 6.54 Å². The Bertz CT molecular complexity index is 392. The van der Waals surface area contributed by atoms with Gasteiger partial charge in [-0.15, -0.1) is 0 Å². The van der Waals surface area contributed by atoms with Crippen LogP contribution in [-0.4, -0.2) is 11.0 Å². The molecule has 0 aliphatic heterocycles. The standard InChI is InChI=1S/C12H17FN2O2/c1-3-11(4-2)14-8-9-7-10(13)5-6-12(9)15(16)17/h5-7,11,14H,3-4,8H2,1-2H3. The summed E-state index contributed by atoms with van der Waals surface area (Å²) in [6.45, 7) is 4.41. The number of benzene rings is 1. The van der Waals surface area contributed by atoms with E-state index in [0.717, 1.165) is 18.9 Å². The van der Waals surface area contributed by atoms with Gasteiger partial charge in [-0.05, 0) is 25.0 Å². The van der Waals surface area contributed by atoms with Crippen LogP contribution in [0.3, 0.4) is 0 Å². The molecule has 0 aliphatic carbocycles. The van der Waals surface area contributed by atoms with E-state index in [9.17, 15) is 14.5 Å². The second-order valence-electron chi connectivity index (χ2n) is 3.92. The van der Waals surface area contributed by atoms with Crippen LogP contribution >= 0.6 is 0 Å². The minimum atomic E-state index is -0.483. The van der Waals surface area contributed by atoms with Crippen molar-refractivity contribution in [1.82, 2.24) is 5.32 Å². The van der Waals surface area contributed by atoms with Crippen molar-refractivity contribution in [3.8, 4) is 0 Å². The second kappa shape index (κ2) is 6.30. The molecule has 5 heteroatoms. The lowest BCUT2D eigenvalue weighted by molar-refractivity contribution is -0.385. The van der Waals surface area contributed by atoms with E-state index in [1.807, 2.05) is 13.8 Å². The summed E-state index contributed by atoms with van der Waals surface area (Å²) in [4.78, 5) is 10.3. The number of hydrogen-bond acceptors (Lipinski definition) is 3. The van der Waals surface area contributed by atoms with Gasteiger partial charge in [0.2, 0.25) is 0 Å². The van der Waals surface area contributed by atoms with Gasteiger partial charge in [0.1, 0.15) is 5.82 Å². The third-order valence-electron chi connectivity index (χ3n) is 2.81. The number of halogens is 1. The number of nitrogens with one attached hydrogen (secondary N) is 1. The van der Waals surface area contributed by atoms with Gasteiger partial charge in [-0.3, -0.25) is 10.1 Å². The molecule has 17 heavy (non-hydrogen) atoms. The van der Waals surface area contributed by atoms with Crippen molar-refractivity contribution < 1.29 is 9.31 Å². The highest BCUT2D eigenvalue weighted by atomic mass is 19.1. The maximum Gasteiger partial charge on any atom is 0.274 e. The molecule has 0 radical (unpaired) electrons. The maximum absolute atomic E-state index is 13.0. The average molecular weight is 240 g/mol. The van der Waals surface area contributed by atoms with Crippen molar-refractivity contribution in [3.05, 3.63) is 39.7 Å². The van der Waals surface area contributed by atoms with Gasteiger partial charge in [0.15, 0.2) is 0 Å². The monoisotopic (exact) mass is 240 g/mol. The van der Waals surface area contributed by atoms with Gasteiger partial charge in [0.25, 0.3) is 5.69 Å². The largest absolute Gasteiger partial charge is 0.310 e. The zero-order valence-electron chi connectivity index (χ0n) is 10.1. The highest BCUT2D eigenvalue weighted by Crippen LogP contribution is 2.19. The fourth-order valence-electron chi connectivity index (χ4n) is 1.71. The van der Waals surface area contributed by atoms with Crippen molar-refractivity contribution in [1.29, 1.82) is 0 Å². The summed E-state index contributed by atoms with van der Waals surface area (Å²) in [6, 6.07) is 3.84. The fourth-order valence-corrected chi connectivity index (χ4v) is 1.71. The molecule has 1 aromatic rings. The zero-order chi connectivity index (χ0) is 12.8. The molecule has 1 rings (SSSR count). The van der Waals surface area contributed by atoms with E-state index < -0.39 is 10.7 Å². The number of nitrogens with zero attached hydrogens (tertiary/aromatic N) is 1. The van der Waals surface area contributed by atoms with E-state index in [2.05, 4.69) is 5.32 Å². The fraction of sp³-hybridized carbons (Fsp3) is 0.500. The molecule has 0 saturated carbocycles. The predicted octanol–water partition coefficient (Wildman–Crippen LogP) is 3.01. The molecule has 1 N–H and O–H groups in total. The first kappa shape index (κ1) is 13.6. The SMILES string of the molecule is CCC(CC)NCc1cc(F)ccc1[N+](=O)[O-]. The van der Waals surface area contributed by atoms with Crippen LogP contribution in [0.25, 0.3) is 0 Å². The Labute approximate surface area is 100.0 Å². The first-order valence-electron chi connectivity index (χ1n) is 5.74. The van der Waals surface area contributed by atoms with Gasteiger partial charge in [0.05, 0.1) is 4.92 Å². The van der Waals surface area contributed by atoms with E-state index in [1.165, 1.54) is 12.1 Å². The summed E-state index contributed by atoms with van der Waals surface area (Å²) < 4.78 is 13.0. The van der Waals surface area contributed by atoms with Crippen LogP contribution in [0.5, 0.6) is 0 Å². The van der Waals surface area contributed by atoms with Gasteiger partial charge < -0.3 is 5.32 Å². The summed E-state index contributed by atoms with van der Waals surface area (Å²) in [5, 5.41) is 14.0.